The van der Waals surface area contributed by atoms with Crippen molar-refractivity contribution in [3.05, 3.63) is 54.6 Å². The normalized spacial score (nSPS) is 11.1. The molecule has 0 fully saturated rings. The Morgan fingerprint density at radius 2 is 2.13 bits per heavy atom. The molecule has 0 saturated carbocycles. The molecule has 0 saturated heterocycles. The first-order valence-corrected chi connectivity index (χ1v) is 7.66. The quantitative estimate of drug-likeness (QED) is 0.757. The van der Waals surface area contributed by atoms with Crippen molar-refractivity contribution >= 4 is 5.91 Å². The molecule has 1 aromatic heterocycles. The van der Waals surface area contributed by atoms with Crippen molar-refractivity contribution in [2.75, 3.05) is 6.54 Å². The number of nitrogens with one attached hydrogen (secondary N) is 1. The summed E-state index contributed by atoms with van der Waals surface area (Å²) >= 11 is 0. The topological polar surface area (TPSA) is 69.0 Å². The number of amides is 1. The van der Waals surface area contributed by atoms with Gasteiger partial charge in [-0.05, 0) is 38.0 Å². The lowest BCUT2D eigenvalue weighted by atomic mass is 10.1. The summed E-state index contributed by atoms with van der Waals surface area (Å²) in [6, 6.07) is 7.94. The van der Waals surface area contributed by atoms with Crippen molar-refractivity contribution in [2.45, 2.75) is 32.9 Å². The van der Waals surface area contributed by atoms with Gasteiger partial charge >= 0.3 is 0 Å². The van der Waals surface area contributed by atoms with E-state index in [4.69, 9.17) is 4.74 Å². The van der Waals surface area contributed by atoms with Crippen LogP contribution in [-0.4, -0.2) is 33.3 Å². The summed E-state index contributed by atoms with van der Waals surface area (Å²) in [6.07, 6.45) is 7.29. The van der Waals surface area contributed by atoms with E-state index in [9.17, 15) is 4.79 Å². The lowest BCUT2D eigenvalue weighted by Crippen LogP contribution is -2.23. The van der Waals surface area contributed by atoms with E-state index in [0.29, 0.717) is 13.1 Å². The monoisotopic (exact) mass is 314 g/mol. The van der Waals surface area contributed by atoms with Crippen molar-refractivity contribution < 1.29 is 9.53 Å². The zero-order valence-corrected chi connectivity index (χ0v) is 13.5. The van der Waals surface area contributed by atoms with Crippen LogP contribution in [0.2, 0.25) is 0 Å². The van der Waals surface area contributed by atoms with Gasteiger partial charge in [-0.25, -0.2) is 9.67 Å². The van der Waals surface area contributed by atoms with Crippen molar-refractivity contribution in [3.8, 4) is 5.75 Å². The molecule has 1 N–H and O–H groups in total. The number of carbonyl (C=O) groups excluding carboxylic acids is 1. The number of rotatable bonds is 8. The van der Waals surface area contributed by atoms with Gasteiger partial charge in [-0.2, -0.15) is 5.10 Å². The SMILES string of the molecule is CC(C)Oc1ccc(CCNC(=O)C=CCn2cncn2)cc1. The molecular weight excluding hydrogens is 292 g/mol. The summed E-state index contributed by atoms with van der Waals surface area (Å²) in [5, 5.41) is 6.81. The summed E-state index contributed by atoms with van der Waals surface area (Å²) < 4.78 is 7.24. The van der Waals surface area contributed by atoms with Crippen LogP contribution in [-0.2, 0) is 17.8 Å². The molecule has 1 amide bonds. The second kappa shape index (κ2) is 8.73. The molecule has 0 unspecified atom stereocenters. The Bertz CT molecular complexity index is 619. The van der Waals surface area contributed by atoms with E-state index in [1.807, 2.05) is 38.1 Å². The molecule has 0 radical (unpaired) electrons. The van der Waals surface area contributed by atoms with Gasteiger partial charge in [0.25, 0.3) is 0 Å². The van der Waals surface area contributed by atoms with Gasteiger partial charge in [0.2, 0.25) is 5.91 Å². The van der Waals surface area contributed by atoms with Gasteiger partial charge in [-0.1, -0.05) is 18.2 Å². The van der Waals surface area contributed by atoms with Gasteiger partial charge in [0.05, 0.1) is 12.6 Å². The smallest absolute Gasteiger partial charge is 0.243 e. The zero-order valence-electron chi connectivity index (χ0n) is 13.5. The van der Waals surface area contributed by atoms with Crippen LogP contribution in [0.1, 0.15) is 19.4 Å². The zero-order chi connectivity index (χ0) is 16.5. The van der Waals surface area contributed by atoms with Crippen LogP contribution in [0, 0.1) is 0 Å². The minimum atomic E-state index is -0.107. The third kappa shape index (κ3) is 6.34. The maximum absolute atomic E-state index is 11.7. The van der Waals surface area contributed by atoms with Gasteiger partial charge < -0.3 is 10.1 Å². The fourth-order valence-electron chi connectivity index (χ4n) is 1.99. The van der Waals surface area contributed by atoms with Crippen molar-refractivity contribution in [1.82, 2.24) is 20.1 Å². The number of aromatic nitrogens is 3. The number of hydrogen-bond donors (Lipinski definition) is 1. The Morgan fingerprint density at radius 3 is 2.78 bits per heavy atom. The molecular formula is C17H22N4O2. The Morgan fingerprint density at radius 1 is 1.35 bits per heavy atom. The minimum Gasteiger partial charge on any atom is -0.491 e. The predicted octanol–water partition coefficient (Wildman–Crippen LogP) is 1.98. The average molecular weight is 314 g/mol. The van der Waals surface area contributed by atoms with Crippen LogP contribution >= 0.6 is 0 Å². The molecule has 0 bridgehead atoms. The van der Waals surface area contributed by atoms with Crippen molar-refractivity contribution in [1.29, 1.82) is 0 Å². The first-order valence-electron chi connectivity index (χ1n) is 7.66. The highest BCUT2D eigenvalue weighted by Crippen LogP contribution is 2.13. The van der Waals surface area contributed by atoms with Crippen LogP contribution in [0.4, 0.5) is 0 Å². The molecule has 2 rings (SSSR count). The summed E-state index contributed by atoms with van der Waals surface area (Å²) in [4.78, 5) is 15.5. The summed E-state index contributed by atoms with van der Waals surface area (Å²) in [5.74, 6) is 0.758. The molecule has 0 aliphatic rings. The second-order valence-electron chi connectivity index (χ2n) is 5.37. The highest BCUT2D eigenvalue weighted by Gasteiger charge is 1.99. The lowest BCUT2D eigenvalue weighted by Gasteiger charge is -2.10. The van der Waals surface area contributed by atoms with Gasteiger partial charge in [-0.3, -0.25) is 4.79 Å². The molecule has 2 aromatic rings. The maximum Gasteiger partial charge on any atom is 0.243 e. The van der Waals surface area contributed by atoms with Crippen LogP contribution in [0.25, 0.3) is 0 Å². The fraction of sp³-hybridized carbons (Fsp3) is 0.353. The molecule has 122 valence electrons. The standard InChI is InChI=1S/C17H22N4O2/c1-14(2)23-16-7-5-15(6-8-16)9-10-19-17(22)4-3-11-21-13-18-12-20-21/h3-8,12-14H,9-11H2,1-2H3,(H,19,22). The van der Waals surface area contributed by atoms with Crippen LogP contribution in [0.3, 0.4) is 0 Å². The number of carbonyl (C=O) groups is 1. The second-order valence-corrected chi connectivity index (χ2v) is 5.37. The van der Waals surface area contributed by atoms with Crippen LogP contribution in [0.15, 0.2) is 49.1 Å². The first-order chi connectivity index (χ1) is 11.1. The number of nitrogens with zero attached hydrogens (tertiary/aromatic N) is 3. The molecule has 6 nitrogen and oxygen atoms in total. The molecule has 0 aliphatic heterocycles. The molecule has 0 spiro atoms. The first kappa shape index (κ1) is 16.7. The van der Waals surface area contributed by atoms with E-state index in [-0.39, 0.29) is 12.0 Å². The molecule has 1 heterocycles. The van der Waals surface area contributed by atoms with E-state index in [1.54, 1.807) is 17.1 Å². The van der Waals surface area contributed by atoms with Gasteiger partial charge in [0, 0.05) is 12.6 Å². The van der Waals surface area contributed by atoms with E-state index >= 15 is 0 Å². The van der Waals surface area contributed by atoms with Gasteiger partial charge in [-0.15, -0.1) is 0 Å². The molecule has 0 atom stereocenters. The Kier molecular flexibility index (Phi) is 6.35. The summed E-state index contributed by atoms with van der Waals surface area (Å²) in [6.45, 7) is 5.13. The Hall–Kier alpha value is -2.63. The maximum atomic E-state index is 11.7. The van der Waals surface area contributed by atoms with E-state index in [0.717, 1.165) is 17.7 Å². The third-order valence-corrected chi connectivity index (χ3v) is 3.04. The molecule has 6 heteroatoms. The van der Waals surface area contributed by atoms with Crippen molar-refractivity contribution in [2.24, 2.45) is 0 Å². The summed E-state index contributed by atoms with van der Waals surface area (Å²) in [7, 11) is 0. The number of hydrogen-bond acceptors (Lipinski definition) is 4. The van der Waals surface area contributed by atoms with Crippen LogP contribution in [0.5, 0.6) is 5.75 Å². The summed E-state index contributed by atoms with van der Waals surface area (Å²) in [5.41, 5.74) is 1.16. The van der Waals surface area contributed by atoms with Gasteiger partial charge in [0.15, 0.2) is 0 Å². The number of ether oxygens (including phenoxy) is 1. The average Bonchev–Trinajstić information content (AvgIpc) is 3.02. The Balaban J connectivity index is 1.67. The molecule has 23 heavy (non-hydrogen) atoms. The number of allylic oxidation sites excluding steroid dienone is 1. The highest BCUT2D eigenvalue weighted by atomic mass is 16.5. The third-order valence-electron chi connectivity index (χ3n) is 3.04. The van der Waals surface area contributed by atoms with Crippen molar-refractivity contribution in [3.63, 3.8) is 0 Å². The van der Waals surface area contributed by atoms with Gasteiger partial charge in [0.1, 0.15) is 18.4 Å². The molecule has 0 aliphatic carbocycles. The Labute approximate surface area is 136 Å². The predicted molar refractivity (Wildman–Crippen MR) is 88.1 cm³/mol. The highest BCUT2D eigenvalue weighted by molar-refractivity contribution is 5.87. The van der Waals surface area contributed by atoms with E-state index < -0.39 is 0 Å². The van der Waals surface area contributed by atoms with Crippen LogP contribution < -0.4 is 10.1 Å². The lowest BCUT2D eigenvalue weighted by molar-refractivity contribution is -0.116. The minimum absolute atomic E-state index is 0.107. The fourth-order valence-corrected chi connectivity index (χ4v) is 1.99. The van der Waals surface area contributed by atoms with E-state index in [2.05, 4.69) is 15.4 Å². The largest absolute Gasteiger partial charge is 0.491 e. The molecule has 1 aromatic carbocycles. The van der Waals surface area contributed by atoms with E-state index in [1.165, 1.54) is 12.4 Å². The number of benzene rings is 1.